The van der Waals surface area contributed by atoms with Crippen molar-refractivity contribution in [3.63, 3.8) is 0 Å². The lowest BCUT2D eigenvalue weighted by Gasteiger charge is -2.18. The molecule has 0 saturated heterocycles. The summed E-state index contributed by atoms with van der Waals surface area (Å²) in [5.74, 6) is 1.47. The topological polar surface area (TPSA) is 48.4 Å². The molecule has 2 heterocycles. The summed E-state index contributed by atoms with van der Waals surface area (Å²) in [5.41, 5.74) is 0.667. The summed E-state index contributed by atoms with van der Waals surface area (Å²) < 4.78 is 10.9. The highest BCUT2D eigenvalue weighted by atomic mass is 32.1. The summed E-state index contributed by atoms with van der Waals surface area (Å²) >= 11 is 1.57. The Kier molecular flexibility index (Phi) is 3.46. The molecule has 1 aromatic carbocycles. The molecule has 0 bridgehead atoms. The van der Waals surface area contributed by atoms with Crippen LogP contribution in [0.3, 0.4) is 0 Å². The molecule has 0 saturated carbocycles. The third kappa shape index (κ3) is 2.76. The Bertz CT molecular complexity index is 580. The van der Waals surface area contributed by atoms with Crippen LogP contribution in [0, 0.1) is 0 Å². The van der Waals surface area contributed by atoms with Crippen molar-refractivity contribution < 1.29 is 14.3 Å². The number of nitrogens with zero attached hydrogens (tertiary/aromatic N) is 1. The van der Waals surface area contributed by atoms with Crippen LogP contribution in [0.15, 0.2) is 29.8 Å². The average Bonchev–Trinajstić information content (AvgIpc) is 2.97. The monoisotopic (exact) mass is 275 g/mol. The van der Waals surface area contributed by atoms with E-state index in [1.807, 2.05) is 5.38 Å². The molecular formula is C14H13NO3S. The molecule has 1 aliphatic rings. The molecule has 0 radical (unpaired) electrons. The zero-order chi connectivity index (χ0) is 13.1. The van der Waals surface area contributed by atoms with Gasteiger partial charge in [0.05, 0.1) is 5.01 Å². The number of benzene rings is 1. The fraction of sp³-hybridized carbons (Fsp3) is 0.286. The number of aryl methyl sites for hydroxylation is 1. The van der Waals surface area contributed by atoms with Crippen molar-refractivity contribution in [3.8, 4) is 11.5 Å². The maximum atomic E-state index is 12.1. The highest BCUT2D eigenvalue weighted by Gasteiger charge is 2.15. The van der Waals surface area contributed by atoms with Crippen LogP contribution in [0.25, 0.3) is 0 Å². The van der Waals surface area contributed by atoms with Gasteiger partial charge in [0, 0.05) is 30.0 Å². The lowest BCUT2D eigenvalue weighted by Crippen LogP contribution is -2.15. The minimum atomic E-state index is 0.104. The molecule has 4 nitrogen and oxygen atoms in total. The summed E-state index contributed by atoms with van der Waals surface area (Å²) in [6, 6.07) is 5.35. The van der Waals surface area contributed by atoms with Gasteiger partial charge in [-0.3, -0.25) is 4.79 Å². The number of hydrogen-bond acceptors (Lipinski definition) is 5. The molecule has 0 amide bonds. The first-order valence-corrected chi connectivity index (χ1v) is 7.02. The van der Waals surface area contributed by atoms with E-state index in [0.717, 1.165) is 5.01 Å². The number of carbonyl (C=O) groups excluding carboxylic acids is 1. The van der Waals surface area contributed by atoms with E-state index in [9.17, 15) is 4.79 Å². The van der Waals surface area contributed by atoms with Crippen LogP contribution >= 0.6 is 11.3 Å². The average molecular weight is 275 g/mol. The lowest BCUT2D eigenvalue weighted by molar-refractivity contribution is 0.0981. The molecule has 0 atom stereocenters. The van der Waals surface area contributed by atoms with Crippen LogP contribution < -0.4 is 9.47 Å². The minimum absolute atomic E-state index is 0.104. The number of thiazole rings is 1. The summed E-state index contributed by atoms with van der Waals surface area (Å²) in [5, 5.41) is 2.91. The zero-order valence-electron chi connectivity index (χ0n) is 10.3. The van der Waals surface area contributed by atoms with Crippen molar-refractivity contribution >= 4 is 17.1 Å². The van der Waals surface area contributed by atoms with Gasteiger partial charge in [-0.2, -0.15) is 0 Å². The number of carbonyl (C=O) groups is 1. The van der Waals surface area contributed by atoms with Crippen LogP contribution in [-0.4, -0.2) is 24.0 Å². The van der Waals surface area contributed by atoms with Gasteiger partial charge in [0.15, 0.2) is 17.3 Å². The number of Topliss-reactive ketones (excluding diaryl/α,β-unsaturated/α-hetero) is 1. The number of hydrogen-bond donors (Lipinski definition) is 0. The van der Waals surface area contributed by atoms with Gasteiger partial charge in [-0.25, -0.2) is 4.98 Å². The van der Waals surface area contributed by atoms with Crippen molar-refractivity contribution in [1.29, 1.82) is 0 Å². The predicted octanol–water partition coefficient (Wildman–Crippen LogP) is 2.73. The number of ketones is 1. The highest BCUT2D eigenvalue weighted by molar-refractivity contribution is 7.09. The summed E-state index contributed by atoms with van der Waals surface area (Å²) in [7, 11) is 0. The summed E-state index contributed by atoms with van der Waals surface area (Å²) in [6.07, 6.45) is 2.91. The second-order valence-corrected chi connectivity index (χ2v) is 5.19. The molecule has 0 unspecified atom stereocenters. The van der Waals surface area contributed by atoms with E-state index in [1.54, 1.807) is 35.7 Å². The second kappa shape index (κ2) is 5.40. The first-order valence-electron chi connectivity index (χ1n) is 6.14. The molecule has 1 aromatic heterocycles. The van der Waals surface area contributed by atoms with Crippen molar-refractivity contribution in [1.82, 2.24) is 4.98 Å². The molecule has 5 heteroatoms. The Morgan fingerprint density at radius 3 is 2.89 bits per heavy atom. The molecular weight excluding hydrogens is 262 g/mol. The molecule has 0 N–H and O–H groups in total. The molecule has 1 aliphatic heterocycles. The molecule has 0 aliphatic carbocycles. The smallest absolute Gasteiger partial charge is 0.163 e. The van der Waals surface area contributed by atoms with E-state index in [2.05, 4.69) is 4.98 Å². The number of rotatable bonds is 4. The van der Waals surface area contributed by atoms with Gasteiger partial charge in [0.2, 0.25) is 0 Å². The molecule has 0 fully saturated rings. The quantitative estimate of drug-likeness (QED) is 0.805. The molecule has 19 heavy (non-hydrogen) atoms. The van der Waals surface area contributed by atoms with Gasteiger partial charge in [-0.15, -0.1) is 11.3 Å². The molecule has 3 rings (SSSR count). The maximum Gasteiger partial charge on any atom is 0.163 e. The van der Waals surface area contributed by atoms with E-state index in [-0.39, 0.29) is 5.78 Å². The zero-order valence-corrected chi connectivity index (χ0v) is 11.1. The first kappa shape index (κ1) is 12.2. The summed E-state index contributed by atoms with van der Waals surface area (Å²) in [6.45, 7) is 1.09. The standard InChI is InChI=1S/C14H13NO3S/c16-11(2-4-14-15-5-8-19-14)10-1-3-12-13(9-10)18-7-6-17-12/h1,3,5,8-9H,2,4,6-7H2. The van der Waals surface area contributed by atoms with E-state index in [1.165, 1.54) is 0 Å². The van der Waals surface area contributed by atoms with Gasteiger partial charge < -0.3 is 9.47 Å². The van der Waals surface area contributed by atoms with E-state index in [0.29, 0.717) is 43.1 Å². The molecule has 2 aromatic rings. The van der Waals surface area contributed by atoms with Crippen molar-refractivity contribution in [2.45, 2.75) is 12.8 Å². The minimum Gasteiger partial charge on any atom is -0.486 e. The highest BCUT2D eigenvalue weighted by Crippen LogP contribution is 2.31. The van der Waals surface area contributed by atoms with Crippen LogP contribution in [0.5, 0.6) is 11.5 Å². The largest absolute Gasteiger partial charge is 0.486 e. The Morgan fingerprint density at radius 1 is 1.26 bits per heavy atom. The fourth-order valence-electron chi connectivity index (χ4n) is 1.96. The van der Waals surface area contributed by atoms with Crippen molar-refractivity contribution in [3.05, 3.63) is 40.3 Å². The molecule has 0 spiro atoms. The van der Waals surface area contributed by atoms with Gasteiger partial charge >= 0.3 is 0 Å². The van der Waals surface area contributed by atoms with Crippen LogP contribution in [-0.2, 0) is 6.42 Å². The Hall–Kier alpha value is -1.88. The van der Waals surface area contributed by atoms with E-state index in [4.69, 9.17) is 9.47 Å². The van der Waals surface area contributed by atoms with Crippen LogP contribution in [0.4, 0.5) is 0 Å². The Balaban J connectivity index is 1.69. The summed E-state index contributed by atoms with van der Waals surface area (Å²) in [4.78, 5) is 16.3. The molecule has 98 valence electrons. The fourth-order valence-corrected chi connectivity index (χ4v) is 2.58. The number of fused-ring (bicyclic) bond motifs is 1. The van der Waals surface area contributed by atoms with E-state index < -0.39 is 0 Å². The van der Waals surface area contributed by atoms with Crippen LogP contribution in [0.1, 0.15) is 21.8 Å². The predicted molar refractivity (Wildman–Crippen MR) is 72.2 cm³/mol. The normalized spacial score (nSPS) is 13.3. The number of aromatic nitrogens is 1. The SMILES string of the molecule is O=C(CCc1nccs1)c1ccc2c(c1)OCCO2. The Labute approximate surface area is 115 Å². The Morgan fingerprint density at radius 2 is 2.11 bits per heavy atom. The third-order valence-electron chi connectivity index (χ3n) is 2.91. The third-order valence-corrected chi connectivity index (χ3v) is 3.75. The van der Waals surface area contributed by atoms with Crippen LogP contribution in [0.2, 0.25) is 0 Å². The van der Waals surface area contributed by atoms with Gasteiger partial charge in [-0.1, -0.05) is 0 Å². The van der Waals surface area contributed by atoms with Gasteiger partial charge in [0.25, 0.3) is 0 Å². The van der Waals surface area contributed by atoms with Crippen molar-refractivity contribution in [2.75, 3.05) is 13.2 Å². The lowest BCUT2D eigenvalue weighted by atomic mass is 10.1. The van der Waals surface area contributed by atoms with Gasteiger partial charge in [0.1, 0.15) is 13.2 Å². The first-order chi connectivity index (χ1) is 9.33. The second-order valence-electron chi connectivity index (χ2n) is 4.21. The van der Waals surface area contributed by atoms with Crippen molar-refractivity contribution in [2.24, 2.45) is 0 Å². The maximum absolute atomic E-state index is 12.1. The number of ether oxygens (including phenoxy) is 2. The van der Waals surface area contributed by atoms with E-state index >= 15 is 0 Å². The van der Waals surface area contributed by atoms with Gasteiger partial charge in [-0.05, 0) is 18.2 Å².